The quantitative estimate of drug-likeness (QED) is 0.749. The van der Waals surface area contributed by atoms with Crippen molar-refractivity contribution in [2.24, 2.45) is 5.73 Å². The molecule has 0 atom stereocenters. The van der Waals surface area contributed by atoms with Crippen LogP contribution in [0.4, 0.5) is 0 Å². The molecule has 4 N–H and O–H groups in total. The molecule has 1 aliphatic rings. The third kappa shape index (κ3) is 4.93. The van der Waals surface area contributed by atoms with Crippen molar-refractivity contribution in [3.8, 4) is 11.5 Å². The second kappa shape index (κ2) is 7.88. The second-order valence-electron chi connectivity index (χ2n) is 5.45. The fourth-order valence-electron chi connectivity index (χ4n) is 2.71. The highest BCUT2D eigenvalue weighted by molar-refractivity contribution is 5.75. The Kier molecular flexibility index (Phi) is 5.87. The van der Waals surface area contributed by atoms with Gasteiger partial charge >= 0.3 is 0 Å². The van der Waals surface area contributed by atoms with Crippen molar-refractivity contribution in [2.45, 2.75) is 45.2 Å². The molecule has 0 saturated heterocycles. The summed E-state index contributed by atoms with van der Waals surface area (Å²) in [5.74, 6) is 0.757. The first kappa shape index (κ1) is 15.6. The highest BCUT2D eigenvalue weighted by Gasteiger charge is 2.18. The number of ether oxygens (including phenoxy) is 2. The van der Waals surface area contributed by atoms with Crippen LogP contribution < -0.4 is 20.5 Å². The lowest BCUT2D eigenvalue weighted by atomic mass is 10.1. The molecule has 21 heavy (non-hydrogen) atoms. The maximum absolute atomic E-state index is 10.8. The minimum absolute atomic E-state index is 0.131. The van der Waals surface area contributed by atoms with E-state index in [-0.39, 0.29) is 6.61 Å². The molecule has 0 radical (unpaired) electrons. The van der Waals surface area contributed by atoms with Crippen LogP contribution >= 0.6 is 0 Å². The van der Waals surface area contributed by atoms with Crippen molar-refractivity contribution in [1.82, 2.24) is 0 Å². The largest absolute Gasteiger partial charge is 0.490 e. The van der Waals surface area contributed by atoms with E-state index in [1.807, 2.05) is 25.1 Å². The Bertz CT molecular complexity index is 471. The van der Waals surface area contributed by atoms with Gasteiger partial charge < -0.3 is 20.5 Å². The first-order valence-corrected chi connectivity index (χ1v) is 7.69. The summed E-state index contributed by atoms with van der Waals surface area (Å²) in [6, 6.07) is 6.62. The molecule has 0 heterocycles. The van der Waals surface area contributed by atoms with E-state index in [0.29, 0.717) is 18.1 Å². The van der Waals surface area contributed by atoms with Crippen molar-refractivity contribution in [3.05, 3.63) is 23.8 Å². The van der Waals surface area contributed by atoms with Gasteiger partial charge in [-0.3, -0.25) is 4.79 Å². The highest BCUT2D eigenvalue weighted by atomic mass is 16.5. The van der Waals surface area contributed by atoms with Crippen LogP contribution in [0.15, 0.2) is 18.2 Å². The maximum atomic E-state index is 10.8. The predicted molar refractivity (Wildman–Crippen MR) is 80.2 cm³/mol. The van der Waals surface area contributed by atoms with Crippen LogP contribution in [-0.2, 0) is 11.3 Å². The van der Waals surface area contributed by atoms with Crippen LogP contribution in [0.1, 0.15) is 38.2 Å². The lowest BCUT2D eigenvalue weighted by Gasteiger charge is -2.13. The summed E-state index contributed by atoms with van der Waals surface area (Å²) >= 11 is 0. The Labute approximate surface area is 125 Å². The topological polar surface area (TPSA) is 78.2 Å². The first-order valence-electron chi connectivity index (χ1n) is 7.69. The monoisotopic (exact) mass is 293 g/mol. The van der Waals surface area contributed by atoms with Gasteiger partial charge in [-0.1, -0.05) is 0 Å². The Morgan fingerprint density at radius 3 is 2.71 bits per heavy atom. The third-order valence-corrected chi connectivity index (χ3v) is 3.76. The van der Waals surface area contributed by atoms with E-state index in [2.05, 4.69) is 5.32 Å². The molecule has 2 rings (SSSR count). The number of hydrogen-bond donors (Lipinski definition) is 2. The molecule has 0 unspecified atom stereocenters. The number of nitrogens with two attached hydrogens (primary N) is 2. The summed E-state index contributed by atoms with van der Waals surface area (Å²) in [5.41, 5.74) is 6.31. The summed E-state index contributed by atoms with van der Waals surface area (Å²) in [4.78, 5) is 10.8. The summed E-state index contributed by atoms with van der Waals surface area (Å²) < 4.78 is 11.0. The van der Waals surface area contributed by atoms with Gasteiger partial charge in [0.1, 0.15) is 6.54 Å². The van der Waals surface area contributed by atoms with E-state index in [9.17, 15) is 4.79 Å². The lowest BCUT2D eigenvalue weighted by Crippen LogP contribution is -2.87. The summed E-state index contributed by atoms with van der Waals surface area (Å²) in [6.07, 6.45) is 5.34. The normalized spacial score (nSPS) is 15.1. The molecule has 116 valence electrons. The van der Waals surface area contributed by atoms with Crippen LogP contribution in [0.5, 0.6) is 11.5 Å². The molecular formula is C16H25N2O3+. The molecule has 0 spiro atoms. The lowest BCUT2D eigenvalue weighted by molar-refractivity contribution is -0.703. The Hall–Kier alpha value is -1.75. The predicted octanol–water partition coefficient (Wildman–Crippen LogP) is 0.955. The summed E-state index contributed by atoms with van der Waals surface area (Å²) in [7, 11) is 0. The first-order chi connectivity index (χ1) is 10.2. The number of rotatable bonds is 8. The van der Waals surface area contributed by atoms with Crippen molar-refractivity contribution >= 4 is 5.91 Å². The number of primary amides is 1. The Balaban J connectivity index is 1.98. The number of benzene rings is 1. The van der Waals surface area contributed by atoms with Crippen LogP contribution in [0.25, 0.3) is 0 Å². The molecule has 1 aromatic carbocycles. The van der Waals surface area contributed by atoms with E-state index in [0.717, 1.165) is 12.6 Å². The van der Waals surface area contributed by atoms with Gasteiger partial charge in [0.2, 0.25) is 0 Å². The smallest absolute Gasteiger partial charge is 0.255 e. The molecular weight excluding hydrogens is 268 g/mol. The van der Waals surface area contributed by atoms with Crippen LogP contribution in [0.2, 0.25) is 0 Å². The van der Waals surface area contributed by atoms with Gasteiger partial charge in [0.05, 0.1) is 12.6 Å². The van der Waals surface area contributed by atoms with Crippen molar-refractivity contribution < 1.29 is 19.6 Å². The molecule has 1 saturated carbocycles. The van der Waals surface area contributed by atoms with Crippen LogP contribution in [0, 0.1) is 0 Å². The zero-order valence-corrected chi connectivity index (χ0v) is 12.6. The second-order valence-corrected chi connectivity index (χ2v) is 5.45. The molecule has 0 bridgehead atoms. The molecule has 1 aromatic rings. The fourth-order valence-corrected chi connectivity index (χ4v) is 2.71. The van der Waals surface area contributed by atoms with Crippen molar-refractivity contribution in [3.63, 3.8) is 0 Å². The van der Waals surface area contributed by atoms with Crippen LogP contribution in [-0.4, -0.2) is 25.2 Å². The molecule has 5 heteroatoms. The number of amides is 1. The van der Waals surface area contributed by atoms with Gasteiger partial charge in [0, 0.05) is 5.56 Å². The summed E-state index contributed by atoms with van der Waals surface area (Å²) in [6.45, 7) is 3.30. The van der Waals surface area contributed by atoms with Gasteiger partial charge in [0.25, 0.3) is 5.91 Å². The van der Waals surface area contributed by atoms with Crippen LogP contribution in [0.3, 0.4) is 0 Å². The third-order valence-electron chi connectivity index (χ3n) is 3.76. The van der Waals surface area contributed by atoms with Gasteiger partial charge in [-0.05, 0) is 50.8 Å². The zero-order valence-electron chi connectivity index (χ0n) is 12.6. The van der Waals surface area contributed by atoms with Gasteiger partial charge in [0.15, 0.2) is 18.1 Å². The average molecular weight is 293 g/mol. The van der Waals surface area contributed by atoms with Crippen molar-refractivity contribution in [1.29, 1.82) is 0 Å². The standard InChI is InChI=1S/C16H24N2O3/c1-2-20-15-9-12(10-18-13-5-3-4-6-13)7-8-14(15)21-11-16(17)19/h7-9,13,18H,2-6,10-11H2,1H3,(H2,17,19)/p+1. The highest BCUT2D eigenvalue weighted by Crippen LogP contribution is 2.28. The van der Waals surface area contributed by atoms with E-state index in [1.165, 1.54) is 31.2 Å². The van der Waals surface area contributed by atoms with Gasteiger partial charge in [-0.2, -0.15) is 0 Å². The fraction of sp³-hybridized carbons (Fsp3) is 0.562. The number of hydrogen-bond acceptors (Lipinski definition) is 3. The van der Waals surface area contributed by atoms with Gasteiger partial charge in [-0.15, -0.1) is 0 Å². The average Bonchev–Trinajstić information content (AvgIpc) is 2.97. The van der Waals surface area contributed by atoms with E-state index in [4.69, 9.17) is 15.2 Å². The SMILES string of the molecule is CCOc1cc(C[NH2+]C2CCCC2)ccc1OCC(N)=O. The molecule has 0 aromatic heterocycles. The molecule has 1 aliphatic carbocycles. The molecule has 5 nitrogen and oxygen atoms in total. The zero-order chi connectivity index (χ0) is 15.1. The Morgan fingerprint density at radius 2 is 2.05 bits per heavy atom. The minimum atomic E-state index is -0.490. The number of carbonyl (C=O) groups is 1. The van der Waals surface area contributed by atoms with E-state index in [1.54, 1.807) is 0 Å². The van der Waals surface area contributed by atoms with Crippen molar-refractivity contribution in [2.75, 3.05) is 13.2 Å². The summed E-state index contributed by atoms with van der Waals surface area (Å²) in [5, 5.41) is 2.40. The molecule has 1 amide bonds. The van der Waals surface area contributed by atoms with E-state index < -0.39 is 5.91 Å². The van der Waals surface area contributed by atoms with Gasteiger partial charge in [-0.25, -0.2) is 0 Å². The minimum Gasteiger partial charge on any atom is -0.490 e. The maximum Gasteiger partial charge on any atom is 0.255 e. The number of carbonyl (C=O) groups excluding carboxylic acids is 1. The number of quaternary nitrogens is 1. The Morgan fingerprint density at radius 1 is 1.29 bits per heavy atom. The molecule has 0 aliphatic heterocycles. The molecule has 1 fully saturated rings. The van der Waals surface area contributed by atoms with E-state index >= 15 is 0 Å².